The molecule has 6 heterocycles. The molecule has 6 rings (SSSR count). The minimum Gasteiger partial charge on any atom is -0.366 e. The van der Waals surface area contributed by atoms with Crippen LogP contribution in [0.1, 0.15) is 82.5 Å². The second-order valence-corrected chi connectivity index (χ2v) is 12.1. The van der Waals surface area contributed by atoms with Gasteiger partial charge in [0, 0.05) is 68.9 Å². The molecule has 2 atom stereocenters. The Kier molecular flexibility index (Phi) is 6.79. The van der Waals surface area contributed by atoms with Gasteiger partial charge in [0.2, 0.25) is 0 Å². The minimum absolute atomic E-state index is 0.148. The summed E-state index contributed by atoms with van der Waals surface area (Å²) in [4.78, 5) is 17.0. The number of anilines is 2. The average Bonchev–Trinajstić information content (AvgIpc) is 3.36. The Morgan fingerprint density at radius 3 is 2.63 bits per heavy atom. The summed E-state index contributed by atoms with van der Waals surface area (Å²) in [7, 11) is 2.21. The SMILES string of the molecule is C=C1N2CCCCC2c2cc3nc(N4CC(C)C4)cc(n3n2)N(C)CCCCCCC1(C)c1cccnc1. The van der Waals surface area contributed by atoms with Crippen LogP contribution in [0.15, 0.2) is 48.9 Å². The lowest BCUT2D eigenvalue weighted by Gasteiger charge is -2.45. The van der Waals surface area contributed by atoms with Crippen LogP contribution in [0.4, 0.5) is 11.6 Å². The van der Waals surface area contributed by atoms with E-state index < -0.39 is 0 Å². The number of fused-ring (bicyclic) bond motifs is 3. The third-order valence-electron chi connectivity index (χ3n) is 9.24. The Balaban J connectivity index is 1.44. The molecule has 0 amide bonds. The van der Waals surface area contributed by atoms with Gasteiger partial charge < -0.3 is 14.7 Å². The van der Waals surface area contributed by atoms with Gasteiger partial charge >= 0.3 is 0 Å². The maximum absolute atomic E-state index is 5.25. The van der Waals surface area contributed by atoms with Gasteiger partial charge in [0.05, 0.1) is 11.7 Å². The summed E-state index contributed by atoms with van der Waals surface area (Å²) < 4.78 is 2.09. The van der Waals surface area contributed by atoms with Crippen LogP contribution in [0.2, 0.25) is 0 Å². The number of hydrogen-bond donors (Lipinski definition) is 0. The normalized spacial score (nSPS) is 25.7. The van der Waals surface area contributed by atoms with Crippen LogP contribution in [0.5, 0.6) is 0 Å². The van der Waals surface area contributed by atoms with Crippen LogP contribution < -0.4 is 9.80 Å². The highest BCUT2D eigenvalue weighted by Crippen LogP contribution is 2.44. The molecule has 7 heteroatoms. The summed E-state index contributed by atoms with van der Waals surface area (Å²) in [6.45, 7) is 13.7. The van der Waals surface area contributed by atoms with Gasteiger partial charge in [-0.2, -0.15) is 9.61 Å². The number of piperidine rings is 1. The van der Waals surface area contributed by atoms with Crippen molar-refractivity contribution >= 4 is 17.3 Å². The van der Waals surface area contributed by atoms with Gasteiger partial charge in [-0.3, -0.25) is 4.98 Å². The molecule has 3 aromatic heterocycles. The highest BCUT2D eigenvalue weighted by molar-refractivity contribution is 5.60. The zero-order valence-electron chi connectivity index (χ0n) is 23.4. The molecule has 7 nitrogen and oxygen atoms in total. The Bertz CT molecular complexity index is 1280. The van der Waals surface area contributed by atoms with Gasteiger partial charge in [0.25, 0.3) is 0 Å². The van der Waals surface area contributed by atoms with Gasteiger partial charge in [-0.15, -0.1) is 0 Å². The van der Waals surface area contributed by atoms with Crippen molar-refractivity contribution in [3.05, 3.63) is 60.2 Å². The zero-order chi connectivity index (χ0) is 26.3. The Labute approximate surface area is 227 Å². The fraction of sp³-hybridized carbons (Fsp3) is 0.581. The highest BCUT2D eigenvalue weighted by atomic mass is 15.4. The summed E-state index contributed by atoms with van der Waals surface area (Å²) in [5.41, 5.74) is 4.40. The first-order valence-electron chi connectivity index (χ1n) is 14.7. The number of hydrogen-bond acceptors (Lipinski definition) is 6. The van der Waals surface area contributed by atoms with Crippen LogP contribution in [0, 0.1) is 5.92 Å². The summed E-state index contributed by atoms with van der Waals surface area (Å²) in [6.07, 6.45) is 13.3. The lowest BCUT2D eigenvalue weighted by atomic mass is 9.74. The summed E-state index contributed by atoms with van der Waals surface area (Å²) in [6, 6.07) is 9.01. The van der Waals surface area contributed by atoms with E-state index in [1.165, 1.54) is 49.8 Å². The molecule has 2 fully saturated rings. The zero-order valence-corrected chi connectivity index (χ0v) is 23.4. The van der Waals surface area contributed by atoms with E-state index >= 15 is 0 Å². The van der Waals surface area contributed by atoms with Crippen molar-refractivity contribution < 1.29 is 0 Å². The largest absolute Gasteiger partial charge is 0.366 e. The molecule has 2 unspecified atom stereocenters. The van der Waals surface area contributed by atoms with Gasteiger partial charge in [-0.25, -0.2) is 4.98 Å². The second kappa shape index (κ2) is 10.2. The summed E-state index contributed by atoms with van der Waals surface area (Å²) in [5, 5.41) is 5.25. The van der Waals surface area contributed by atoms with Crippen molar-refractivity contribution in [1.29, 1.82) is 0 Å². The molecule has 0 N–H and O–H groups in total. The first kappa shape index (κ1) is 25.2. The van der Waals surface area contributed by atoms with Gasteiger partial charge in [0.15, 0.2) is 5.65 Å². The predicted octanol–water partition coefficient (Wildman–Crippen LogP) is 5.98. The van der Waals surface area contributed by atoms with Crippen LogP contribution in [-0.2, 0) is 5.41 Å². The summed E-state index contributed by atoms with van der Waals surface area (Å²) in [5.74, 6) is 2.96. The average molecular weight is 514 g/mol. The maximum Gasteiger partial charge on any atom is 0.160 e. The first-order chi connectivity index (χ1) is 18.4. The molecule has 2 bridgehead atoms. The molecule has 0 aromatic carbocycles. The van der Waals surface area contributed by atoms with E-state index in [-0.39, 0.29) is 11.5 Å². The third kappa shape index (κ3) is 4.54. The predicted molar refractivity (Wildman–Crippen MR) is 155 cm³/mol. The fourth-order valence-electron chi connectivity index (χ4n) is 6.77. The molecule has 3 aliphatic rings. The molecular weight excluding hydrogens is 470 g/mol. The Morgan fingerprint density at radius 1 is 1.03 bits per heavy atom. The topological polar surface area (TPSA) is 52.8 Å². The van der Waals surface area contributed by atoms with E-state index in [0.717, 1.165) is 67.9 Å². The molecule has 3 aromatic rings. The molecular formula is C31H43N7. The molecule has 2 saturated heterocycles. The number of nitrogens with zero attached hydrogens (tertiary/aromatic N) is 7. The molecule has 202 valence electrons. The standard InChI is InChI=1S/C31H43N7/c1-23-21-36(22-23)28-19-30-35(4)16-9-6-5-8-14-31(3,25-12-11-15-32-20-25)24(2)37-17-10-7-13-27(37)26-18-29(33-28)38(30)34-26/h11-12,15,18-20,23,27H,2,5-10,13-14,16-17,21-22H2,1,3-4H3. The van der Waals surface area contributed by atoms with Crippen molar-refractivity contribution in [3.63, 3.8) is 0 Å². The van der Waals surface area contributed by atoms with E-state index in [2.05, 4.69) is 69.4 Å². The Hall–Kier alpha value is -3.09. The van der Waals surface area contributed by atoms with Crippen molar-refractivity contribution in [1.82, 2.24) is 24.5 Å². The van der Waals surface area contributed by atoms with E-state index in [4.69, 9.17) is 16.7 Å². The number of pyridine rings is 1. The molecule has 3 aliphatic heterocycles. The Morgan fingerprint density at radius 2 is 1.84 bits per heavy atom. The van der Waals surface area contributed by atoms with E-state index in [0.29, 0.717) is 0 Å². The number of aromatic nitrogens is 4. The lowest BCUT2D eigenvalue weighted by molar-refractivity contribution is 0.162. The molecule has 38 heavy (non-hydrogen) atoms. The monoisotopic (exact) mass is 513 g/mol. The van der Waals surface area contributed by atoms with Crippen molar-refractivity contribution in [2.75, 3.05) is 43.0 Å². The van der Waals surface area contributed by atoms with E-state index in [9.17, 15) is 0 Å². The minimum atomic E-state index is -0.148. The highest BCUT2D eigenvalue weighted by Gasteiger charge is 2.38. The van der Waals surface area contributed by atoms with Crippen molar-refractivity contribution in [2.24, 2.45) is 5.92 Å². The third-order valence-corrected chi connectivity index (χ3v) is 9.24. The lowest BCUT2D eigenvalue weighted by Crippen LogP contribution is -2.45. The molecule has 0 spiro atoms. The van der Waals surface area contributed by atoms with Gasteiger partial charge in [-0.1, -0.05) is 38.8 Å². The molecule has 0 aliphatic carbocycles. The van der Waals surface area contributed by atoms with Crippen LogP contribution in [0.3, 0.4) is 0 Å². The van der Waals surface area contributed by atoms with Crippen LogP contribution in [0.25, 0.3) is 5.65 Å². The number of rotatable bonds is 2. The first-order valence-corrected chi connectivity index (χ1v) is 14.7. The number of allylic oxidation sites excluding steroid dienone is 1. The molecule has 0 saturated carbocycles. The van der Waals surface area contributed by atoms with Crippen molar-refractivity contribution in [3.8, 4) is 0 Å². The smallest absolute Gasteiger partial charge is 0.160 e. The van der Waals surface area contributed by atoms with E-state index in [1.807, 2.05) is 12.4 Å². The second-order valence-electron chi connectivity index (χ2n) is 12.1. The van der Waals surface area contributed by atoms with E-state index in [1.54, 1.807) is 0 Å². The summed E-state index contributed by atoms with van der Waals surface area (Å²) >= 11 is 0. The molecule has 0 radical (unpaired) electrons. The van der Waals surface area contributed by atoms with Crippen LogP contribution >= 0.6 is 0 Å². The van der Waals surface area contributed by atoms with Crippen LogP contribution in [-0.4, -0.2) is 57.7 Å². The van der Waals surface area contributed by atoms with Gasteiger partial charge in [0.1, 0.15) is 11.6 Å². The fourth-order valence-corrected chi connectivity index (χ4v) is 6.77. The van der Waals surface area contributed by atoms with Crippen molar-refractivity contribution in [2.45, 2.75) is 76.7 Å². The van der Waals surface area contributed by atoms with Gasteiger partial charge in [-0.05, 0) is 56.6 Å². The quantitative estimate of drug-likeness (QED) is 0.420. The maximum atomic E-state index is 5.25.